The number of rotatable bonds is 3. The predicted octanol–water partition coefficient (Wildman–Crippen LogP) is 2.99. The predicted molar refractivity (Wildman–Crippen MR) is 63.6 cm³/mol. The van der Waals surface area contributed by atoms with Crippen LogP contribution >= 0.6 is 0 Å². The molecule has 16 heavy (non-hydrogen) atoms. The van der Waals surface area contributed by atoms with E-state index in [4.69, 9.17) is 0 Å². The third-order valence-corrected chi connectivity index (χ3v) is 2.92. The Kier molecular flexibility index (Phi) is 2.69. The van der Waals surface area contributed by atoms with Gasteiger partial charge >= 0.3 is 5.97 Å². The molecule has 0 bridgehead atoms. The lowest BCUT2D eigenvalue weighted by atomic mass is 10.2. The smallest absolute Gasteiger partial charge is 0.326 e. The van der Waals surface area contributed by atoms with Gasteiger partial charge in [-0.05, 0) is 30.9 Å². The first-order valence-corrected chi connectivity index (χ1v) is 5.44. The van der Waals surface area contributed by atoms with Crippen LogP contribution in [0.2, 0.25) is 0 Å². The van der Waals surface area contributed by atoms with Gasteiger partial charge in [-0.15, -0.1) is 0 Å². The molecule has 0 amide bonds. The van der Waals surface area contributed by atoms with Gasteiger partial charge in [-0.3, -0.25) is 0 Å². The number of hydrogen-bond acceptors (Lipinski definition) is 1. The highest BCUT2D eigenvalue weighted by Gasteiger charge is 2.20. The molecule has 1 N–H and O–H groups in total. The Balaban J connectivity index is 2.66. The molecule has 0 saturated carbocycles. The quantitative estimate of drug-likeness (QED) is 0.858. The second kappa shape index (κ2) is 4.00. The third kappa shape index (κ3) is 1.58. The van der Waals surface area contributed by atoms with Crippen molar-refractivity contribution in [2.24, 2.45) is 0 Å². The number of carboxylic acid groups (broad SMARTS) is 1. The molecule has 1 heterocycles. The molecular formula is C13H15NO2. The van der Waals surface area contributed by atoms with Crippen molar-refractivity contribution >= 4 is 16.9 Å². The maximum atomic E-state index is 11.2. The van der Waals surface area contributed by atoms with Crippen LogP contribution in [-0.4, -0.2) is 15.6 Å². The van der Waals surface area contributed by atoms with Gasteiger partial charge in [-0.2, -0.15) is 0 Å². The number of carboxylic acids is 1. The van der Waals surface area contributed by atoms with Crippen molar-refractivity contribution in [3.05, 3.63) is 36.0 Å². The summed E-state index contributed by atoms with van der Waals surface area (Å²) in [6.45, 7) is 3.85. The summed E-state index contributed by atoms with van der Waals surface area (Å²) in [6, 6.07) is 9.43. The van der Waals surface area contributed by atoms with E-state index in [0.29, 0.717) is 6.42 Å². The van der Waals surface area contributed by atoms with E-state index in [0.717, 1.165) is 16.6 Å². The monoisotopic (exact) mass is 217 g/mol. The van der Waals surface area contributed by atoms with Crippen LogP contribution in [0.5, 0.6) is 0 Å². The van der Waals surface area contributed by atoms with Crippen molar-refractivity contribution in [1.82, 2.24) is 4.57 Å². The molecule has 0 aliphatic carbocycles. The van der Waals surface area contributed by atoms with E-state index in [2.05, 4.69) is 0 Å². The zero-order valence-corrected chi connectivity index (χ0v) is 9.47. The number of aliphatic carboxylic acids is 1. The van der Waals surface area contributed by atoms with Gasteiger partial charge in [-0.1, -0.05) is 25.1 Å². The fourth-order valence-electron chi connectivity index (χ4n) is 2.19. The molecule has 2 rings (SSSR count). The number of benzene rings is 1. The van der Waals surface area contributed by atoms with Crippen LogP contribution in [0.15, 0.2) is 30.3 Å². The van der Waals surface area contributed by atoms with Gasteiger partial charge in [0.15, 0.2) is 0 Å². The lowest BCUT2D eigenvalue weighted by Crippen LogP contribution is -2.18. The first-order chi connectivity index (χ1) is 7.65. The lowest BCUT2D eigenvalue weighted by molar-refractivity contribution is -0.140. The number of fused-ring (bicyclic) bond motifs is 1. The molecule has 1 aromatic carbocycles. The van der Waals surface area contributed by atoms with Crippen LogP contribution in [0.3, 0.4) is 0 Å². The highest BCUT2D eigenvalue weighted by Crippen LogP contribution is 2.25. The Bertz CT molecular complexity index is 528. The normalized spacial score (nSPS) is 12.9. The molecule has 0 aliphatic heterocycles. The second-order valence-electron chi connectivity index (χ2n) is 3.98. The van der Waals surface area contributed by atoms with E-state index in [1.54, 1.807) is 0 Å². The Morgan fingerprint density at radius 2 is 2.12 bits per heavy atom. The molecule has 1 atom stereocenters. The second-order valence-corrected chi connectivity index (χ2v) is 3.98. The van der Waals surface area contributed by atoms with Gasteiger partial charge < -0.3 is 9.67 Å². The first-order valence-electron chi connectivity index (χ1n) is 5.44. The highest BCUT2D eigenvalue weighted by atomic mass is 16.4. The number of nitrogens with zero attached hydrogens (tertiary/aromatic N) is 1. The molecule has 0 saturated heterocycles. The molecule has 1 aromatic heterocycles. The van der Waals surface area contributed by atoms with Crippen LogP contribution in [0.1, 0.15) is 25.1 Å². The van der Waals surface area contributed by atoms with Crippen molar-refractivity contribution in [2.45, 2.75) is 26.3 Å². The first kappa shape index (κ1) is 10.7. The summed E-state index contributed by atoms with van der Waals surface area (Å²) in [7, 11) is 0. The zero-order chi connectivity index (χ0) is 11.7. The molecule has 2 aromatic rings. The van der Waals surface area contributed by atoms with Crippen molar-refractivity contribution in [1.29, 1.82) is 0 Å². The summed E-state index contributed by atoms with van der Waals surface area (Å²) < 4.78 is 1.90. The summed E-state index contributed by atoms with van der Waals surface area (Å²) in [5.41, 5.74) is 1.99. The van der Waals surface area contributed by atoms with Gasteiger partial charge in [0.05, 0.1) is 0 Å². The van der Waals surface area contributed by atoms with Gasteiger partial charge in [-0.25, -0.2) is 4.79 Å². The number of carbonyl (C=O) groups is 1. The maximum absolute atomic E-state index is 11.2. The average molecular weight is 217 g/mol. The fraction of sp³-hybridized carbons (Fsp3) is 0.308. The standard InChI is InChI=1S/C13H15NO2/c1-3-11(13(15)16)14-9(2)8-10-6-4-5-7-12(10)14/h4-8,11H,3H2,1-2H3,(H,15,16)/t11-/m0/s1. The zero-order valence-electron chi connectivity index (χ0n) is 9.47. The summed E-state index contributed by atoms with van der Waals surface area (Å²) in [5.74, 6) is -0.771. The van der Waals surface area contributed by atoms with E-state index in [9.17, 15) is 9.90 Å². The number of hydrogen-bond donors (Lipinski definition) is 1. The Hall–Kier alpha value is -1.77. The largest absolute Gasteiger partial charge is 0.480 e. The van der Waals surface area contributed by atoms with Crippen molar-refractivity contribution < 1.29 is 9.90 Å². The maximum Gasteiger partial charge on any atom is 0.326 e. The van der Waals surface area contributed by atoms with Crippen LogP contribution in [-0.2, 0) is 4.79 Å². The molecule has 3 nitrogen and oxygen atoms in total. The third-order valence-electron chi connectivity index (χ3n) is 2.92. The van der Waals surface area contributed by atoms with Crippen molar-refractivity contribution in [3.8, 4) is 0 Å². The molecule has 3 heteroatoms. The number of aryl methyl sites for hydroxylation is 1. The van der Waals surface area contributed by atoms with E-state index in [1.807, 2.05) is 48.7 Å². The highest BCUT2D eigenvalue weighted by molar-refractivity contribution is 5.84. The van der Waals surface area contributed by atoms with Gasteiger partial charge in [0.1, 0.15) is 6.04 Å². The van der Waals surface area contributed by atoms with Crippen molar-refractivity contribution in [2.75, 3.05) is 0 Å². The number of para-hydroxylation sites is 1. The molecule has 0 fully saturated rings. The van der Waals surface area contributed by atoms with Crippen molar-refractivity contribution in [3.63, 3.8) is 0 Å². The van der Waals surface area contributed by atoms with Gasteiger partial charge in [0.2, 0.25) is 0 Å². The van der Waals surface area contributed by atoms with E-state index in [1.165, 1.54) is 0 Å². The van der Waals surface area contributed by atoms with Gasteiger partial charge in [0.25, 0.3) is 0 Å². The van der Waals surface area contributed by atoms with Crippen LogP contribution < -0.4 is 0 Å². The van der Waals surface area contributed by atoms with Crippen LogP contribution in [0.25, 0.3) is 10.9 Å². The van der Waals surface area contributed by atoms with Crippen LogP contribution in [0, 0.1) is 6.92 Å². The Morgan fingerprint density at radius 1 is 1.44 bits per heavy atom. The van der Waals surface area contributed by atoms with E-state index in [-0.39, 0.29) is 0 Å². The average Bonchev–Trinajstić information content (AvgIpc) is 2.57. The minimum Gasteiger partial charge on any atom is -0.480 e. The summed E-state index contributed by atoms with van der Waals surface area (Å²) in [5, 5.41) is 10.3. The minimum absolute atomic E-state index is 0.472. The summed E-state index contributed by atoms with van der Waals surface area (Å²) >= 11 is 0. The Morgan fingerprint density at radius 3 is 2.75 bits per heavy atom. The SMILES string of the molecule is CC[C@@H](C(=O)O)n1c(C)cc2ccccc21. The number of aromatic nitrogens is 1. The molecule has 0 unspecified atom stereocenters. The van der Waals surface area contributed by atoms with E-state index >= 15 is 0 Å². The summed E-state index contributed by atoms with van der Waals surface area (Å²) in [6.07, 6.45) is 0.592. The molecule has 0 radical (unpaired) electrons. The molecular weight excluding hydrogens is 202 g/mol. The molecule has 0 aliphatic rings. The molecule has 84 valence electrons. The van der Waals surface area contributed by atoms with Gasteiger partial charge in [0, 0.05) is 11.2 Å². The minimum atomic E-state index is -0.771. The molecule has 0 spiro atoms. The lowest BCUT2D eigenvalue weighted by Gasteiger charge is -2.15. The van der Waals surface area contributed by atoms with E-state index < -0.39 is 12.0 Å². The Labute approximate surface area is 94.3 Å². The van der Waals surface area contributed by atoms with Crippen LogP contribution in [0.4, 0.5) is 0 Å². The summed E-state index contributed by atoms with van der Waals surface area (Å²) in [4.78, 5) is 11.2. The topological polar surface area (TPSA) is 42.2 Å². The fourth-order valence-corrected chi connectivity index (χ4v) is 2.19.